The highest BCUT2D eigenvalue weighted by atomic mass is 16.3. The van der Waals surface area contributed by atoms with Gasteiger partial charge in [0, 0.05) is 18.8 Å². The molecular formula is C19H26NO+. The van der Waals surface area contributed by atoms with Crippen molar-refractivity contribution in [2.45, 2.75) is 18.9 Å². The number of aliphatic hydroxyl groups is 1. The minimum atomic E-state index is 0.319. The molecule has 3 heterocycles. The van der Waals surface area contributed by atoms with E-state index in [1.54, 1.807) is 0 Å². The van der Waals surface area contributed by atoms with Crippen molar-refractivity contribution in [3.63, 3.8) is 0 Å². The highest BCUT2D eigenvalue weighted by Crippen LogP contribution is 2.42. The molecule has 0 aliphatic carbocycles. The van der Waals surface area contributed by atoms with Gasteiger partial charge in [0.15, 0.2) is 0 Å². The zero-order valence-electron chi connectivity index (χ0n) is 12.7. The lowest BCUT2D eigenvalue weighted by molar-refractivity contribution is -0.964. The third-order valence-corrected chi connectivity index (χ3v) is 5.57. The van der Waals surface area contributed by atoms with E-state index in [1.165, 1.54) is 18.5 Å². The minimum Gasteiger partial charge on any atom is -0.390 e. The van der Waals surface area contributed by atoms with Crippen LogP contribution in [0.15, 0.2) is 49.1 Å². The summed E-state index contributed by atoms with van der Waals surface area (Å²) in [6, 6.07) is 10.9. The molecule has 4 rings (SSSR count). The molecular weight excluding hydrogens is 258 g/mol. The van der Waals surface area contributed by atoms with Gasteiger partial charge in [0.2, 0.25) is 0 Å². The van der Waals surface area contributed by atoms with Gasteiger partial charge in [0.05, 0.1) is 26.2 Å². The molecule has 3 aliphatic heterocycles. The van der Waals surface area contributed by atoms with E-state index in [4.69, 9.17) is 0 Å². The SMILES string of the molecule is C=C[C@H]1C[N+]2(C/C=C/c3ccccc3)CCC1C[C@H]2CO. The summed E-state index contributed by atoms with van der Waals surface area (Å²) in [6.07, 6.45) is 9.10. The van der Waals surface area contributed by atoms with Gasteiger partial charge in [-0.1, -0.05) is 42.5 Å². The van der Waals surface area contributed by atoms with Crippen molar-refractivity contribution in [1.82, 2.24) is 0 Å². The number of fused-ring (bicyclic) bond motifs is 3. The summed E-state index contributed by atoms with van der Waals surface area (Å²) in [4.78, 5) is 0. The molecule has 0 saturated carbocycles. The smallest absolute Gasteiger partial charge is 0.113 e. The second-order valence-corrected chi connectivity index (χ2v) is 6.64. The molecule has 3 saturated heterocycles. The van der Waals surface area contributed by atoms with Crippen molar-refractivity contribution in [3.8, 4) is 0 Å². The van der Waals surface area contributed by atoms with Crippen molar-refractivity contribution < 1.29 is 9.59 Å². The van der Waals surface area contributed by atoms with E-state index in [0.29, 0.717) is 18.6 Å². The Balaban J connectivity index is 1.74. The minimum absolute atomic E-state index is 0.319. The fourth-order valence-corrected chi connectivity index (χ4v) is 4.29. The Morgan fingerprint density at radius 3 is 2.81 bits per heavy atom. The number of hydrogen-bond acceptors (Lipinski definition) is 1. The van der Waals surface area contributed by atoms with Gasteiger partial charge in [-0.3, -0.25) is 0 Å². The number of nitrogens with zero attached hydrogens (tertiary/aromatic N) is 1. The van der Waals surface area contributed by atoms with Gasteiger partial charge in [-0.2, -0.15) is 0 Å². The zero-order valence-corrected chi connectivity index (χ0v) is 12.7. The van der Waals surface area contributed by atoms with E-state index in [-0.39, 0.29) is 0 Å². The highest BCUT2D eigenvalue weighted by molar-refractivity contribution is 5.48. The summed E-state index contributed by atoms with van der Waals surface area (Å²) in [5.74, 6) is 1.38. The van der Waals surface area contributed by atoms with Gasteiger partial charge in [-0.15, -0.1) is 6.58 Å². The standard InChI is InChI=1S/C19H26NO/c1-2-17-14-20(12-10-18(17)13-19(20)15-21)11-6-9-16-7-4-3-5-8-16/h2-9,17-19,21H,1,10-15H2/q+1/b9-6+/t17-,18?,19-,20?/m0/s1. The molecule has 2 nitrogen and oxygen atoms in total. The average molecular weight is 284 g/mol. The van der Waals surface area contributed by atoms with Crippen molar-refractivity contribution in [2.24, 2.45) is 11.8 Å². The summed E-state index contributed by atoms with van der Waals surface area (Å²) in [5, 5.41) is 9.79. The van der Waals surface area contributed by atoms with Crippen LogP contribution in [0.4, 0.5) is 0 Å². The normalized spacial score (nSPS) is 35.2. The first-order valence-electron chi connectivity index (χ1n) is 8.08. The van der Waals surface area contributed by atoms with Crippen LogP contribution in [-0.2, 0) is 0 Å². The van der Waals surface area contributed by atoms with Crippen LogP contribution in [0.25, 0.3) is 6.08 Å². The van der Waals surface area contributed by atoms with E-state index in [9.17, 15) is 5.11 Å². The Morgan fingerprint density at radius 2 is 2.10 bits per heavy atom. The molecule has 3 fully saturated rings. The van der Waals surface area contributed by atoms with Crippen LogP contribution in [-0.4, -0.2) is 41.9 Å². The number of rotatable bonds is 5. The van der Waals surface area contributed by atoms with Gasteiger partial charge in [-0.25, -0.2) is 0 Å². The number of piperidine rings is 3. The molecule has 1 N–H and O–H groups in total. The summed E-state index contributed by atoms with van der Waals surface area (Å²) in [7, 11) is 0. The number of hydrogen-bond donors (Lipinski definition) is 1. The maximum absolute atomic E-state index is 9.79. The molecule has 2 bridgehead atoms. The Labute approximate surface area is 128 Å². The molecule has 0 aromatic heterocycles. The van der Waals surface area contributed by atoms with Crippen LogP contribution in [0.3, 0.4) is 0 Å². The molecule has 0 amide bonds. The zero-order chi connectivity index (χ0) is 14.7. The molecule has 1 aromatic rings. The third kappa shape index (κ3) is 2.83. The lowest BCUT2D eigenvalue weighted by atomic mass is 9.73. The molecule has 4 atom stereocenters. The Hall–Kier alpha value is -1.38. The van der Waals surface area contributed by atoms with Crippen molar-refractivity contribution in [1.29, 1.82) is 0 Å². The van der Waals surface area contributed by atoms with Crippen LogP contribution in [0.1, 0.15) is 18.4 Å². The monoisotopic (exact) mass is 284 g/mol. The fourth-order valence-electron chi connectivity index (χ4n) is 4.29. The van der Waals surface area contributed by atoms with Crippen molar-refractivity contribution >= 4 is 6.08 Å². The molecule has 112 valence electrons. The summed E-state index contributed by atoms with van der Waals surface area (Å²) >= 11 is 0. The van der Waals surface area contributed by atoms with Crippen LogP contribution in [0, 0.1) is 11.8 Å². The second-order valence-electron chi connectivity index (χ2n) is 6.64. The van der Waals surface area contributed by atoms with E-state index in [0.717, 1.165) is 29.9 Å². The van der Waals surface area contributed by atoms with Gasteiger partial charge < -0.3 is 9.59 Å². The lowest BCUT2D eigenvalue weighted by Crippen LogP contribution is -2.67. The summed E-state index contributed by atoms with van der Waals surface area (Å²) in [5.41, 5.74) is 1.25. The molecule has 2 unspecified atom stereocenters. The fraction of sp³-hybridized carbons (Fsp3) is 0.474. The van der Waals surface area contributed by atoms with Crippen molar-refractivity contribution in [3.05, 3.63) is 54.6 Å². The first kappa shape index (κ1) is 14.6. The summed E-state index contributed by atoms with van der Waals surface area (Å²) < 4.78 is 1.05. The summed E-state index contributed by atoms with van der Waals surface area (Å²) in [6.45, 7) is 7.73. The average Bonchev–Trinajstić information content (AvgIpc) is 2.55. The number of benzene rings is 1. The van der Waals surface area contributed by atoms with Gasteiger partial charge in [0.1, 0.15) is 6.04 Å². The molecule has 1 aromatic carbocycles. The predicted molar refractivity (Wildman–Crippen MR) is 87.6 cm³/mol. The quantitative estimate of drug-likeness (QED) is 0.651. The van der Waals surface area contributed by atoms with Crippen LogP contribution < -0.4 is 0 Å². The van der Waals surface area contributed by atoms with Crippen LogP contribution in [0.5, 0.6) is 0 Å². The molecule has 0 radical (unpaired) electrons. The molecule has 21 heavy (non-hydrogen) atoms. The maximum Gasteiger partial charge on any atom is 0.113 e. The van der Waals surface area contributed by atoms with E-state index >= 15 is 0 Å². The number of aliphatic hydroxyl groups excluding tert-OH is 1. The first-order chi connectivity index (χ1) is 10.3. The molecule has 3 aliphatic rings. The van der Waals surface area contributed by atoms with Gasteiger partial charge in [0.25, 0.3) is 0 Å². The Bertz CT molecular complexity index is 510. The van der Waals surface area contributed by atoms with E-state index in [1.807, 2.05) is 6.07 Å². The topological polar surface area (TPSA) is 20.2 Å². The highest BCUT2D eigenvalue weighted by Gasteiger charge is 2.50. The Kier molecular flexibility index (Phi) is 4.27. The third-order valence-electron chi connectivity index (χ3n) is 5.57. The molecule has 0 spiro atoms. The first-order valence-corrected chi connectivity index (χ1v) is 8.08. The van der Waals surface area contributed by atoms with E-state index in [2.05, 4.69) is 49.1 Å². The van der Waals surface area contributed by atoms with Crippen molar-refractivity contribution in [2.75, 3.05) is 26.2 Å². The lowest BCUT2D eigenvalue weighted by Gasteiger charge is -2.56. The second kappa shape index (κ2) is 6.17. The largest absolute Gasteiger partial charge is 0.390 e. The van der Waals surface area contributed by atoms with Gasteiger partial charge in [-0.05, 0) is 17.6 Å². The maximum atomic E-state index is 9.79. The number of quaternary nitrogens is 1. The Morgan fingerprint density at radius 1 is 1.29 bits per heavy atom. The van der Waals surface area contributed by atoms with Crippen LogP contribution >= 0.6 is 0 Å². The van der Waals surface area contributed by atoms with Crippen LogP contribution in [0.2, 0.25) is 0 Å². The van der Waals surface area contributed by atoms with Gasteiger partial charge >= 0.3 is 0 Å². The van der Waals surface area contributed by atoms with E-state index < -0.39 is 0 Å². The molecule has 2 heteroatoms. The predicted octanol–water partition coefficient (Wildman–Crippen LogP) is 3.10.